The molecule has 73 heavy (non-hydrogen) atoms. The molecule has 0 saturated heterocycles. The third kappa shape index (κ3) is 12.5. The zero-order valence-electron chi connectivity index (χ0n) is 41.1. The molecule has 0 spiro atoms. The van der Waals surface area contributed by atoms with Crippen molar-refractivity contribution in [3.63, 3.8) is 0 Å². The van der Waals surface area contributed by atoms with Gasteiger partial charge in [0.15, 0.2) is 0 Å². The Labute approximate surface area is 426 Å². The van der Waals surface area contributed by atoms with Crippen molar-refractivity contribution < 1.29 is 80.7 Å². The second-order valence-electron chi connectivity index (χ2n) is 18.2. The molecule has 3 unspecified atom stereocenters. The minimum Gasteiger partial charge on any atom is -0.481 e. The third-order valence-electron chi connectivity index (χ3n) is 13.6. The van der Waals surface area contributed by atoms with E-state index in [2.05, 4.69) is 4.90 Å². The van der Waals surface area contributed by atoms with Crippen molar-refractivity contribution in [2.24, 2.45) is 0 Å². The van der Waals surface area contributed by atoms with Gasteiger partial charge >= 0.3 is 5.97 Å². The zero-order valence-corrected chi connectivity index (χ0v) is 44.3. The summed E-state index contributed by atoms with van der Waals surface area (Å²) in [6.45, 7) is 8.00. The first-order chi connectivity index (χ1) is 34.2. The summed E-state index contributed by atoms with van der Waals surface area (Å²) < 4.78 is 165. The molecular formula is C49H62N2O18S4. The Kier molecular flexibility index (Phi) is 18.1. The number of anilines is 2. The molecule has 0 radical (unpaired) electrons. The number of hydrogen-bond donors (Lipinski definition) is 5. The number of hydrogen-bond acceptors (Lipinski definition) is 15. The first-order valence-corrected chi connectivity index (χ1v) is 29.1. The third-order valence-corrected chi connectivity index (χ3v) is 17.0. The number of likely N-dealkylation sites (N-methyl/N-ethyl adjacent to an activating group) is 1. The predicted molar refractivity (Wildman–Crippen MR) is 273 cm³/mol. The van der Waals surface area contributed by atoms with Crippen LogP contribution in [-0.4, -0.2) is 136 Å². The maximum absolute atomic E-state index is 12.8. The van der Waals surface area contributed by atoms with E-state index in [0.29, 0.717) is 92.3 Å². The first-order valence-electron chi connectivity index (χ1n) is 23.3. The molecule has 4 aromatic rings. The second-order valence-corrected chi connectivity index (χ2v) is 23.8. The van der Waals surface area contributed by atoms with Crippen molar-refractivity contribution in [3.8, 4) is 0 Å². The Balaban J connectivity index is 1.51. The molecule has 4 aromatic carbocycles. The number of carboxylic acid groups (broad SMARTS) is 1. The maximum Gasteiger partial charge on any atom is 0.303 e. The van der Waals surface area contributed by atoms with Crippen molar-refractivity contribution in [1.29, 1.82) is 0 Å². The summed E-state index contributed by atoms with van der Waals surface area (Å²) in [5.74, 6) is -0.938. The highest BCUT2D eigenvalue weighted by Gasteiger charge is 2.48. The summed E-state index contributed by atoms with van der Waals surface area (Å²) in [5.41, 5.74) is 0.954. The number of fused-ring (bicyclic) bond motifs is 6. The molecule has 0 fully saturated rings. The van der Waals surface area contributed by atoms with E-state index in [1.54, 1.807) is 24.3 Å². The Morgan fingerprint density at radius 3 is 1.67 bits per heavy atom. The lowest BCUT2D eigenvalue weighted by molar-refractivity contribution is -0.137. The van der Waals surface area contributed by atoms with E-state index in [-0.39, 0.29) is 60.8 Å². The van der Waals surface area contributed by atoms with Crippen LogP contribution in [0.15, 0.2) is 104 Å². The van der Waals surface area contributed by atoms with Gasteiger partial charge in [-0.05, 0) is 104 Å². The molecule has 0 aromatic heterocycles. The van der Waals surface area contributed by atoms with Gasteiger partial charge < -0.3 is 33.9 Å². The van der Waals surface area contributed by atoms with Crippen molar-refractivity contribution in [2.45, 2.75) is 95.7 Å². The van der Waals surface area contributed by atoms with Crippen LogP contribution in [0.1, 0.15) is 70.4 Å². The van der Waals surface area contributed by atoms with E-state index in [1.807, 2.05) is 43.9 Å². The van der Waals surface area contributed by atoms with Crippen LogP contribution in [0.4, 0.5) is 11.4 Å². The maximum atomic E-state index is 12.8. The number of carbonyl (C=O) groups is 1. The fourth-order valence-corrected chi connectivity index (χ4v) is 12.9. The van der Waals surface area contributed by atoms with Crippen LogP contribution >= 0.6 is 0 Å². The van der Waals surface area contributed by atoms with Gasteiger partial charge in [-0.25, -0.2) is 0 Å². The Morgan fingerprint density at radius 1 is 0.630 bits per heavy atom. The van der Waals surface area contributed by atoms with Crippen LogP contribution in [0, 0.1) is 0 Å². The van der Waals surface area contributed by atoms with Crippen LogP contribution < -0.4 is 9.80 Å². The zero-order chi connectivity index (χ0) is 53.7. The monoisotopic (exact) mass is 1090 g/mol. The van der Waals surface area contributed by atoms with E-state index in [0.717, 1.165) is 0 Å². The lowest BCUT2D eigenvalue weighted by Gasteiger charge is -2.35. The van der Waals surface area contributed by atoms with Crippen LogP contribution in [0.25, 0.3) is 21.5 Å². The molecule has 2 heterocycles. The highest BCUT2D eigenvalue weighted by atomic mass is 32.2. The fourth-order valence-electron chi connectivity index (χ4n) is 10.2. The van der Waals surface area contributed by atoms with Gasteiger partial charge in [0.1, 0.15) is 9.79 Å². The van der Waals surface area contributed by atoms with E-state index in [9.17, 15) is 61.8 Å². The molecule has 0 aliphatic carbocycles. The normalized spacial score (nSPS) is 20.1. The Morgan fingerprint density at radius 2 is 1.16 bits per heavy atom. The Bertz CT molecular complexity index is 3290. The molecule has 2 aliphatic rings. The number of ether oxygens (including phenoxy) is 4. The van der Waals surface area contributed by atoms with Crippen LogP contribution in [0.2, 0.25) is 0 Å². The van der Waals surface area contributed by atoms with E-state index in [4.69, 9.17) is 18.9 Å². The molecule has 0 saturated carbocycles. The molecule has 2 aliphatic heterocycles. The molecule has 400 valence electrons. The fraction of sp³-hybridized carbons (Fsp3) is 0.449. The van der Waals surface area contributed by atoms with Gasteiger partial charge in [-0.2, -0.15) is 33.7 Å². The molecule has 6 rings (SSSR count). The van der Waals surface area contributed by atoms with Gasteiger partial charge in [0.25, 0.3) is 40.5 Å². The summed E-state index contributed by atoms with van der Waals surface area (Å²) in [6.07, 6.45) is 11.1. The van der Waals surface area contributed by atoms with Crippen LogP contribution in [-0.2, 0) is 75.0 Å². The second kappa shape index (κ2) is 23.0. The largest absolute Gasteiger partial charge is 0.481 e. The number of rotatable bonds is 26. The van der Waals surface area contributed by atoms with Crippen LogP contribution in [0.5, 0.6) is 0 Å². The topological polar surface area (TPSA) is 298 Å². The number of nitrogens with zero attached hydrogens (tertiary/aromatic N) is 2. The lowest BCUT2D eigenvalue weighted by Crippen LogP contribution is -2.42. The average molecular weight is 1100 g/mol. The summed E-state index contributed by atoms with van der Waals surface area (Å²) in [5, 5.41) is 9.67. The number of methoxy groups -OCH3 is 2. The molecule has 20 nitrogen and oxygen atoms in total. The van der Waals surface area contributed by atoms with Crippen molar-refractivity contribution >= 4 is 79.4 Å². The number of carboxylic acids is 1. The van der Waals surface area contributed by atoms with Gasteiger partial charge in [0, 0.05) is 85.6 Å². The van der Waals surface area contributed by atoms with Gasteiger partial charge in [-0.15, -0.1) is 0 Å². The van der Waals surface area contributed by atoms with E-state index < -0.39 is 82.9 Å². The van der Waals surface area contributed by atoms with Crippen molar-refractivity contribution in [1.82, 2.24) is 0 Å². The van der Waals surface area contributed by atoms with Gasteiger partial charge in [-0.3, -0.25) is 23.0 Å². The lowest BCUT2D eigenvalue weighted by atomic mass is 9.74. The summed E-state index contributed by atoms with van der Waals surface area (Å²) in [7, 11) is -16.9. The molecular weight excluding hydrogens is 1030 g/mol. The number of unbranched alkanes of at least 4 members (excludes halogenated alkanes) is 2. The molecule has 24 heteroatoms. The SMILES string of the molecule is CCN1c2ccc3c(S(=O)(=O)O)cc(S(=O)(=O)O)cc3c2C(C)(CCOCCOC)C1C=CC=CC=C1N(CCCCCC(=O)O)c2ccc3c(S(=O)(=O)O)cc(S(=O)(=O)O)cc3c2C1(C)CCOCCOC. The van der Waals surface area contributed by atoms with E-state index >= 15 is 0 Å². The smallest absolute Gasteiger partial charge is 0.303 e. The minimum absolute atomic E-state index is 0.00249. The molecule has 5 N–H and O–H groups in total. The van der Waals surface area contributed by atoms with Crippen LogP contribution in [0.3, 0.4) is 0 Å². The van der Waals surface area contributed by atoms with Gasteiger partial charge in [0.05, 0.1) is 42.3 Å². The van der Waals surface area contributed by atoms with E-state index in [1.165, 1.54) is 38.5 Å². The number of allylic oxidation sites excluding steroid dienone is 5. The summed E-state index contributed by atoms with van der Waals surface area (Å²) in [4.78, 5) is 12.5. The summed E-state index contributed by atoms with van der Waals surface area (Å²) >= 11 is 0. The van der Waals surface area contributed by atoms with Crippen molar-refractivity contribution in [3.05, 3.63) is 95.7 Å². The minimum atomic E-state index is -5.04. The predicted octanol–water partition coefficient (Wildman–Crippen LogP) is 6.97. The Hall–Kier alpha value is -4.83. The van der Waals surface area contributed by atoms with Gasteiger partial charge in [0.2, 0.25) is 0 Å². The number of aliphatic carboxylic acids is 1. The number of benzene rings is 4. The quantitative estimate of drug-likeness (QED) is 0.0241. The van der Waals surface area contributed by atoms with Gasteiger partial charge in [-0.1, -0.05) is 49.8 Å². The average Bonchev–Trinajstić information content (AvgIpc) is 3.69. The highest BCUT2D eigenvalue weighted by molar-refractivity contribution is 7.87. The first kappa shape index (κ1) is 57.4. The highest BCUT2D eigenvalue weighted by Crippen LogP contribution is 2.55. The van der Waals surface area contributed by atoms with Crippen molar-refractivity contribution in [2.75, 3.05) is 76.8 Å². The standard InChI is InChI=1S/C49H62N2O18S4/c1-6-50-39-18-16-35-37(29-33(70(54,55)56)31-41(35)72(60,61)62)46(39)48(2,20-23-68-27-25-66-4)43(50)13-9-7-10-14-44-49(3,21-24-69-28-26-67-5)47-38-30-34(71(57,58)59)32-42(73(63,64)65)36(38)17-19-40(47)51(44)22-12-8-11-15-45(52)53/h7,9-10,13-14,16-19,29-32,43H,6,8,11-12,15,20-28H2,1-5H3,(H,52,53)(H,54,55,56)(H,57,58,59)(H,60,61,62)(H,63,64,65). The summed E-state index contributed by atoms with van der Waals surface area (Å²) in [6, 6.07) is 9.61. The molecule has 0 bridgehead atoms. The molecule has 3 atom stereocenters. The molecule has 0 amide bonds.